The molecule has 0 saturated carbocycles. The molecule has 4 heteroatoms. The van der Waals surface area contributed by atoms with Gasteiger partial charge in [-0.15, -0.1) is 0 Å². The van der Waals surface area contributed by atoms with Gasteiger partial charge in [0.2, 0.25) is 0 Å². The van der Waals surface area contributed by atoms with Crippen molar-refractivity contribution >= 4 is 9.84 Å². The zero-order valence-electron chi connectivity index (χ0n) is 12.4. The average molecular weight is 303 g/mol. The molecule has 0 fully saturated rings. The molecule has 2 aromatic rings. The first-order valence-corrected chi connectivity index (χ1v) is 8.76. The summed E-state index contributed by atoms with van der Waals surface area (Å²) in [5, 5.41) is 3.30. The summed E-state index contributed by atoms with van der Waals surface area (Å²) in [5.74, 6) is 0.134. The van der Waals surface area contributed by atoms with E-state index in [9.17, 15) is 8.42 Å². The molecule has 112 valence electrons. The maximum Gasteiger partial charge on any atom is 0.178 e. The van der Waals surface area contributed by atoms with Gasteiger partial charge in [-0.1, -0.05) is 49.4 Å². The summed E-state index contributed by atoms with van der Waals surface area (Å²) in [5.41, 5.74) is 2.35. The molecule has 0 bridgehead atoms. The number of nitrogens with one attached hydrogen (secondary N) is 1. The van der Waals surface area contributed by atoms with Gasteiger partial charge >= 0.3 is 0 Å². The van der Waals surface area contributed by atoms with Gasteiger partial charge in [0, 0.05) is 6.04 Å². The number of hydrogen-bond acceptors (Lipinski definition) is 3. The van der Waals surface area contributed by atoms with E-state index in [-0.39, 0.29) is 11.8 Å². The number of rotatable bonds is 6. The van der Waals surface area contributed by atoms with Crippen molar-refractivity contribution in [2.45, 2.75) is 24.3 Å². The van der Waals surface area contributed by atoms with E-state index >= 15 is 0 Å². The van der Waals surface area contributed by atoms with Crippen LogP contribution in [-0.4, -0.2) is 21.2 Å². The van der Waals surface area contributed by atoms with Crippen molar-refractivity contribution in [1.82, 2.24) is 5.32 Å². The zero-order chi connectivity index (χ0) is 15.3. The maximum absolute atomic E-state index is 11.8. The molecule has 21 heavy (non-hydrogen) atoms. The van der Waals surface area contributed by atoms with Crippen molar-refractivity contribution in [3.8, 4) is 0 Å². The standard InChI is InChI=1S/C17H21NO2S/c1-3-21(19,20)16-11-9-14(10-12-16)13-17(18-2)15-7-5-4-6-8-15/h4-12,17-18H,3,13H2,1-2H3. The summed E-state index contributed by atoms with van der Waals surface area (Å²) in [6, 6.07) is 17.7. The third kappa shape index (κ3) is 3.93. The molecule has 0 aliphatic heterocycles. The molecule has 2 rings (SSSR count). The summed E-state index contributed by atoms with van der Waals surface area (Å²) >= 11 is 0. The van der Waals surface area contributed by atoms with Crippen LogP contribution in [-0.2, 0) is 16.3 Å². The first-order chi connectivity index (χ1) is 10.1. The molecule has 0 heterocycles. The van der Waals surface area contributed by atoms with E-state index in [1.807, 2.05) is 37.4 Å². The summed E-state index contributed by atoms with van der Waals surface area (Å²) in [6.45, 7) is 1.66. The minimum atomic E-state index is -3.12. The van der Waals surface area contributed by atoms with E-state index in [0.29, 0.717) is 4.90 Å². The largest absolute Gasteiger partial charge is 0.313 e. The van der Waals surface area contributed by atoms with Crippen molar-refractivity contribution in [2.24, 2.45) is 0 Å². The Kier molecular flexibility index (Phi) is 5.15. The van der Waals surface area contributed by atoms with Crippen LogP contribution in [0.15, 0.2) is 59.5 Å². The van der Waals surface area contributed by atoms with Crippen LogP contribution in [0.5, 0.6) is 0 Å². The van der Waals surface area contributed by atoms with Gasteiger partial charge in [0.25, 0.3) is 0 Å². The molecule has 0 aliphatic carbocycles. The topological polar surface area (TPSA) is 46.2 Å². The maximum atomic E-state index is 11.8. The predicted molar refractivity (Wildman–Crippen MR) is 86.1 cm³/mol. The Bertz CT molecular complexity index is 664. The quantitative estimate of drug-likeness (QED) is 0.892. The van der Waals surface area contributed by atoms with E-state index < -0.39 is 9.84 Å². The highest BCUT2D eigenvalue weighted by molar-refractivity contribution is 7.91. The highest BCUT2D eigenvalue weighted by Crippen LogP contribution is 2.19. The fraction of sp³-hybridized carbons (Fsp3) is 0.294. The monoisotopic (exact) mass is 303 g/mol. The molecule has 0 aliphatic rings. The van der Waals surface area contributed by atoms with Gasteiger partial charge in [-0.2, -0.15) is 0 Å². The predicted octanol–water partition coefficient (Wildman–Crippen LogP) is 2.98. The molecule has 1 N–H and O–H groups in total. The first kappa shape index (κ1) is 15.7. The Morgan fingerprint density at radius 2 is 1.62 bits per heavy atom. The minimum absolute atomic E-state index is 0.134. The molecule has 2 aromatic carbocycles. The Balaban J connectivity index is 2.16. The second-order valence-corrected chi connectivity index (χ2v) is 7.28. The van der Waals surface area contributed by atoms with Crippen molar-refractivity contribution in [1.29, 1.82) is 0 Å². The van der Waals surface area contributed by atoms with Crippen molar-refractivity contribution in [3.05, 3.63) is 65.7 Å². The summed E-state index contributed by atoms with van der Waals surface area (Å²) in [7, 11) is -1.18. The van der Waals surface area contributed by atoms with E-state index in [1.165, 1.54) is 5.56 Å². The highest BCUT2D eigenvalue weighted by Gasteiger charge is 2.13. The lowest BCUT2D eigenvalue weighted by Gasteiger charge is -2.17. The van der Waals surface area contributed by atoms with Crippen molar-refractivity contribution in [3.63, 3.8) is 0 Å². The molecular weight excluding hydrogens is 282 g/mol. The lowest BCUT2D eigenvalue weighted by atomic mass is 9.99. The SMILES string of the molecule is CCS(=O)(=O)c1ccc(CC(NC)c2ccccc2)cc1. The van der Waals surface area contributed by atoms with Gasteiger partial charge in [0.15, 0.2) is 9.84 Å². The molecule has 0 radical (unpaired) electrons. The molecule has 3 nitrogen and oxygen atoms in total. The van der Waals surface area contributed by atoms with E-state index in [0.717, 1.165) is 12.0 Å². The van der Waals surface area contributed by atoms with Crippen LogP contribution in [0.25, 0.3) is 0 Å². The first-order valence-electron chi connectivity index (χ1n) is 7.10. The van der Waals surface area contributed by atoms with Gasteiger partial charge in [0.1, 0.15) is 0 Å². The van der Waals surface area contributed by atoms with Crippen LogP contribution in [0.2, 0.25) is 0 Å². The number of benzene rings is 2. The summed E-state index contributed by atoms with van der Waals surface area (Å²) < 4.78 is 23.6. The molecule has 0 amide bonds. The Labute approximate surface area is 126 Å². The number of hydrogen-bond donors (Lipinski definition) is 1. The van der Waals surface area contributed by atoms with E-state index in [2.05, 4.69) is 17.4 Å². The summed E-state index contributed by atoms with van der Waals surface area (Å²) in [6.07, 6.45) is 0.826. The van der Waals surface area contributed by atoms with Crippen molar-refractivity contribution in [2.75, 3.05) is 12.8 Å². The molecule has 0 saturated heterocycles. The van der Waals surface area contributed by atoms with Gasteiger partial charge in [0.05, 0.1) is 10.6 Å². The molecule has 0 aromatic heterocycles. The molecular formula is C17H21NO2S. The van der Waals surface area contributed by atoms with Gasteiger partial charge in [-0.05, 0) is 36.7 Å². The van der Waals surface area contributed by atoms with Gasteiger partial charge < -0.3 is 5.32 Å². The Hall–Kier alpha value is -1.65. The minimum Gasteiger partial charge on any atom is -0.313 e. The fourth-order valence-electron chi connectivity index (χ4n) is 2.31. The Morgan fingerprint density at radius 1 is 1.00 bits per heavy atom. The number of likely N-dealkylation sites (N-methyl/N-ethyl adjacent to an activating group) is 1. The van der Waals surface area contributed by atoms with E-state index in [4.69, 9.17) is 0 Å². The van der Waals surface area contributed by atoms with E-state index in [1.54, 1.807) is 19.1 Å². The lowest BCUT2D eigenvalue weighted by Crippen LogP contribution is -2.18. The normalized spacial score (nSPS) is 13.0. The highest BCUT2D eigenvalue weighted by atomic mass is 32.2. The van der Waals surface area contributed by atoms with Crippen LogP contribution >= 0.6 is 0 Å². The fourth-order valence-corrected chi connectivity index (χ4v) is 3.19. The van der Waals surface area contributed by atoms with Crippen LogP contribution in [0.4, 0.5) is 0 Å². The molecule has 0 spiro atoms. The van der Waals surface area contributed by atoms with Crippen LogP contribution in [0.3, 0.4) is 0 Å². The zero-order valence-corrected chi connectivity index (χ0v) is 13.2. The third-order valence-electron chi connectivity index (χ3n) is 3.65. The van der Waals surface area contributed by atoms with Crippen LogP contribution < -0.4 is 5.32 Å². The number of sulfone groups is 1. The second kappa shape index (κ2) is 6.87. The summed E-state index contributed by atoms with van der Waals surface area (Å²) in [4.78, 5) is 0.398. The molecule has 1 unspecified atom stereocenters. The van der Waals surface area contributed by atoms with Gasteiger partial charge in [-0.3, -0.25) is 0 Å². The van der Waals surface area contributed by atoms with Crippen LogP contribution in [0, 0.1) is 0 Å². The average Bonchev–Trinajstić information content (AvgIpc) is 2.54. The van der Waals surface area contributed by atoms with Crippen LogP contribution in [0.1, 0.15) is 24.1 Å². The smallest absolute Gasteiger partial charge is 0.178 e. The lowest BCUT2D eigenvalue weighted by molar-refractivity contribution is 0.590. The second-order valence-electron chi connectivity index (χ2n) is 5.00. The Morgan fingerprint density at radius 3 is 2.14 bits per heavy atom. The van der Waals surface area contributed by atoms with Crippen molar-refractivity contribution < 1.29 is 8.42 Å². The molecule has 1 atom stereocenters. The third-order valence-corrected chi connectivity index (χ3v) is 5.40. The van der Waals surface area contributed by atoms with Gasteiger partial charge in [-0.25, -0.2) is 8.42 Å².